The summed E-state index contributed by atoms with van der Waals surface area (Å²) in [6.07, 6.45) is 0. The highest BCUT2D eigenvalue weighted by Crippen LogP contribution is 2.22. The average Bonchev–Trinajstić information content (AvgIpc) is 2.39. The molecule has 1 atom stereocenters. The molecule has 1 aliphatic rings. The van der Waals surface area contributed by atoms with Crippen molar-refractivity contribution in [1.29, 1.82) is 5.26 Å². The minimum atomic E-state index is -3.51. The molecule has 1 heterocycles. The highest BCUT2D eigenvalue weighted by Gasteiger charge is 2.31. The number of nitriles is 1. The van der Waals surface area contributed by atoms with Gasteiger partial charge >= 0.3 is 0 Å². The van der Waals surface area contributed by atoms with Gasteiger partial charge in [-0.15, -0.1) is 0 Å². The number of rotatable bonds is 2. The first-order chi connectivity index (χ1) is 8.96. The zero-order valence-corrected chi connectivity index (χ0v) is 11.8. The van der Waals surface area contributed by atoms with Gasteiger partial charge in [0.1, 0.15) is 0 Å². The third kappa shape index (κ3) is 2.63. The van der Waals surface area contributed by atoms with E-state index < -0.39 is 10.0 Å². The second-order valence-corrected chi connectivity index (χ2v) is 6.52. The molecule has 0 bridgehead atoms. The van der Waals surface area contributed by atoms with Crippen molar-refractivity contribution in [2.24, 2.45) is 0 Å². The van der Waals surface area contributed by atoms with E-state index in [2.05, 4.69) is 0 Å². The Balaban J connectivity index is 2.39. The van der Waals surface area contributed by atoms with Crippen molar-refractivity contribution in [1.82, 2.24) is 4.31 Å². The van der Waals surface area contributed by atoms with Crippen LogP contribution in [0.5, 0.6) is 0 Å². The Labute approximate surface area is 113 Å². The summed E-state index contributed by atoms with van der Waals surface area (Å²) in [7, 11) is -3.51. The van der Waals surface area contributed by atoms with E-state index in [0.717, 1.165) is 0 Å². The van der Waals surface area contributed by atoms with E-state index >= 15 is 0 Å². The van der Waals surface area contributed by atoms with Gasteiger partial charge in [0.25, 0.3) is 0 Å². The Morgan fingerprint density at radius 1 is 1.47 bits per heavy atom. The second-order valence-electron chi connectivity index (χ2n) is 4.63. The van der Waals surface area contributed by atoms with Crippen LogP contribution in [0.3, 0.4) is 0 Å². The summed E-state index contributed by atoms with van der Waals surface area (Å²) in [5.74, 6) is 0. The van der Waals surface area contributed by atoms with Crippen LogP contribution < -0.4 is 0 Å². The fourth-order valence-corrected chi connectivity index (χ4v) is 3.81. The van der Waals surface area contributed by atoms with E-state index in [4.69, 9.17) is 10.00 Å². The Bertz CT molecular complexity index is 619. The Kier molecular flexibility index (Phi) is 3.90. The summed E-state index contributed by atoms with van der Waals surface area (Å²) in [5, 5.41) is 8.88. The molecule has 6 heteroatoms. The van der Waals surface area contributed by atoms with Gasteiger partial charge in [0.05, 0.1) is 29.7 Å². The standard InChI is InChI=1S/C13H16N2O3S/c1-10-7-13(4-3-12(10)8-14)19(16,17)15-5-6-18-9-11(15)2/h3-4,7,11H,5-6,9H2,1-2H3/t11-/m1/s1. The van der Waals surface area contributed by atoms with Crippen molar-refractivity contribution < 1.29 is 13.2 Å². The first-order valence-corrected chi connectivity index (χ1v) is 7.51. The molecule has 1 aromatic rings. The zero-order valence-electron chi connectivity index (χ0n) is 11.0. The average molecular weight is 280 g/mol. The molecule has 0 amide bonds. The fraction of sp³-hybridized carbons (Fsp3) is 0.462. The quantitative estimate of drug-likeness (QED) is 0.818. The molecule has 1 aromatic carbocycles. The number of morpholine rings is 1. The van der Waals surface area contributed by atoms with Gasteiger partial charge in [0.15, 0.2) is 0 Å². The molecule has 1 fully saturated rings. The van der Waals surface area contributed by atoms with Gasteiger partial charge in [0.2, 0.25) is 10.0 Å². The van der Waals surface area contributed by atoms with Crippen molar-refractivity contribution in [3.8, 4) is 6.07 Å². The van der Waals surface area contributed by atoms with Crippen LogP contribution in [0.25, 0.3) is 0 Å². The SMILES string of the molecule is Cc1cc(S(=O)(=O)N2CCOC[C@H]2C)ccc1C#N. The van der Waals surface area contributed by atoms with E-state index in [1.807, 2.05) is 13.0 Å². The summed E-state index contributed by atoms with van der Waals surface area (Å²) in [4.78, 5) is 0.234. The van der Waals surface area contributed by atoms with E-state index in [1.54, 1.807) is 19.1 Å². The smallest absolute Gasteiger partial charge is 0.243 e. The summed E-state index contributed by atoms with van der Waals surface area (Å²) < 4.78 is 31.8. The molecule has 0 aromatic heterocycles. The minimum Gasteiger partial charge on any atom is -0.378 e. The molecule has 19 heavy (non-hydrogen) atoms. The third-order valence-corrected chi connectivity index (χ3v) is 5.24. The van der Waals surface area contributed by atoms with Crippen LogP contribution in [0.15, 0.2) is 23.1 Å². The first-order valence-electron chi connectivity index (χ1n) is 6.07. The van der Waals surface area contributed by atoms with Crippen LogP contribution in [0.4, 0.5) is 0 Å². The number of hydrogen-bond acceptors (Lipinski definition) is 4. The predicted molar refractivity (Wildman–Crippen MR) is 70.1 cm³/mol. The molecule has 0 radical (unpaired) electrons. The topological polar surface area (TPSA) is 70.4 Å². The molecule has 5 nitrogen and oxygen atoms in total. The third-order valence-electron chi connectivity index (χ3n) is 3.23. The van der Waals surface area contributed by atoms with Crippen molar-refractivity contribution in [2.45, 2.75) is 24.8 Å². The summed E-state index contributed by atoms with van der Waals surface area (Å²) >= 11 is 0. The van der Waals surface area contributed by atoms with Gasteiger partial charge in [-0.1, -0.05) is 0 Å². The number of benzene rings is 1. The maximum absolute atomic E-state index is 12.5. The lowest BCUT2D eigenvalue weighted by molar-refractivity contribution is 0.0393. The molecule has 1 saturated heterocycles. The van der Waals surface area contributed by atoms with Gasteiger partial charge in [-0.05, 0) is 37.6 Å². The maximum atomic E-state index is 12.5. The van der Waals surface area contributed by atoms with E-state index in [-0.39, 0.29) is 10.9 Å². The molecule has 0 aliphatic carbocycles. The molecule has 1 aliphatic heterocycles. The molecular formula is C13H16N2O3S. The molecule has 0 spiro atoms. The molecule has 2 rings (SSSR count). The lowest BCUT2D eigenvalue weighted by Gasteiger charge is -2.32. The minimum absolute atomic E-state index is 0.172. The zero-order chi connectivity index (χ0) is 14.0. The predicted octanol–water partition coefficient (Wildman–Crippen LogP) is 1.28. The van der Waals surface area contributed by atoms with E-state index in [1.165, 1.54) is 10.4 Å². The van der Waals surface area contributed by atoms with Crippen molar-refractivity contribution >= 4 is 10.0 Å². The van der Waals surface area contributed by atoms with Crippen molar-refractivity contribution in [2.75, 3.05) is 19.8 Å². The molecule has 0 N–H and O–H groups in total. The normalized spacial score (nSPS) is 21.0. The van der Waals surface area contributed by atoms with Gasteiger partial charge < -0.3 is 4.74 Å². The molecule has 102 valence electrons. The molecular weight excluding hydrogens is 264 g/mol. The monoisotopic (exact) mass is 280 g/mol. The lowest BCUT2D eigenvalue weighted by atomic mass is 10.1. The van der Waals surface area contributed by atoms with Gasteiger partial charge in [0, 0.05) is 12.6 Å². The first kappa shape index (κ1) is 14.0. The Hall–Kier alpha value is -1.42. The van der Waals surface area contributed by atoms with E-state index in [0.29, 0.717) is 30.9 Å². The van der Waals surface area contributed by atoms with Crippen molar-refractivity contribution in [3.05, 3.63) is 29.3 Å². The fourth-order valence-electron chi connectivity index (χ4n) is 2.13. The van der Waals surface area contributed by atoms with E-state index in [9.17, 15) is 8.42 Å². The van der Waals surface area contributed by atoms with Gasteiger partial charge in [-0.2, -0.15) is 9.57 Å². The number of aryl methyl sites for hydroxylation is 1. The molecule has 0 unspecified atom stereocenters. The van der Waals surface area contributed by atoms with Crippen LogP contribution in [-0.4, -0.2) is 38.5 Å². The lowest BCUT2D eigenvalue weighted by Crippen LogP contribution is -2.46. The molecule has 0 saturated carbocycles. The van der Waals surface area contributed by atoms with Crippen LogP contribution in [0.2, 0.25) is 0 Å². The Morgan fingerprint density at radius 2 is 2.21 bits per heavy atom. The number of sulfonamides is 1. The van der Waals surface area contributed by atoms with Crippen LogP contribution in [0, 0.1) is 18.3 Å². The Morgan fingerprint density at radius 3 is 2.79 bits per heavy atom. The largest absolute Gasteiger partial charge is 0.378 e. The summed E-state index contributed by atoms with van der Waals surface area (Å²) in [5.41, 5.74) is 1.17. The second kappa shape index (κ2) is 5.29. The van der Waals surface area contributed by atoms with Crippen LogP contribution >= 0.6 is 0 Å². The number of ether oxygens (including phenoxy) is 1. The van der Waals surface area contributed by atoms with Crippen LogP contribution in [0.1, 0.15) is 18.1 Å². The summed E-state index contributed by atoms with van der Waals surface area (Å²) in [6, 6.07) is 6.45. The van der Waals surface area contributed by atoms with Crippen LogP contribution in [-0.2, 0) is 14.8 Å². The summed E-state index contributed by atoms with van der Waals surface area (Å²) in [6.45, 7) is 4.75. The van der Waals surface area contributed by atoms with Gasteiger partial charge in [-0.3, -0.25) is 0 Å². The number of nitrogens with zero attached hydrogens (tertiary/aromatic N) is 2. The number of hydrogen-bond donors (Lipinski definition) is 0. The maximum Gasteiger partial charge on any atom is 0.243 e. The highest BCUT2D eigenvalue weighted by molar-refractivity contribution is 7.89. The highest BCUT2D eigenvalue weighted by atomic mass is 32.2. The van der Waals surface area contributed by atoms with Gasteiger partial charge in [-0.25, -0.2) is 8.42 Å². The van der Waals surface area contributed by atoms with Crippen molar-refractivity contribution in [3.63, 3.8) is 0 Å².